The minimum absolute atomic E-state index is 0.947. The first-order chi connectivity index (χ1) is 11.8. The van der Waals surface area contributed by atoms with Crippen LogP contribution < -0.4 is 9.80 Å². The summed E-state index contributed by atoms with van der Waals surface area (Å²) < 4.78 is 0. The number of aromatic nitrogens is 4. The SMILES string of the molecule is CC.CCc1cc2c(N3CCN(c4nncs4)CC3)ncnc2s1. The fourth-order valence-corrected chi connectivity index (χ4v) is 4.28. The van der Waals surface area contributed by atoms with Gasteiger partial charge in [-0.2, -0.15) is 0 Å². The molecule has 1 aliphatic rings. The van der Waals surface area contributed by atoms with Crippen LogP contribution in [0.3, 0.4) is 0 Å². The Morgan fingerprint density at radius 2 is 1.83 bits per heavy atom. The van der Waals surface area contributed by atoms with Crippen LogP contribution in [0.1, 0.15) is 25.6 Å². The number of thiophene rings is 1. The van der Waals surface area contributed by atoms with Crippen LogP contribution in [-0.4, -0.2) is 46.3 Å². The molecule has 128 valence electrons. The molecule has 24 heavy (non-hydrogen) atoms. The summed E-state index contributed by atoms with van der Waals surface area (Å²) in [6.45, 7) is 9.97. The van der Waals surface area contributed by atoms with Gasteiger partial charge in [-0.3, -0.25) is 0 Å². The summed E-state index contributed by atoms with van der Waals surface area (Å²) in [6, 6.07) is 2.24. The Hall–Kier alpha value is -1.80. The molecule has 4 heterocycles. The van der Waals surface area contributed by atoms with E-state index in [-0.39, 0.29) is 0 Å². The topological polar surface area (TPSA) is 58.0 Å². The maximum absolute atomic E-state index is 4.54. The van der Waals surface area contributed by atoms with Crippen LogP contribution in [0, 0.1) is 0 Å². The fraction of sp³-hybridized carbons (Fsp3) is 0.500. The van der Waals surface area contributed by atoms with Gasteiger partial charge in [0.25, 0.3) is 0 Å². The van der Waals surface area contributed by atoms with Crippen molar-refractivity contribution in [1.82, 2.24) is 20.2 Å². The normalized spacial score (nSPS) is 14.6. The number of nitrogens with zero attached hydrogens (tertiary/aromatic N) is 6. The summed E-state index contributed by atoms with van der Waals surface area (Å²) in [5.41, 5.74) is 1.79. The van der Waals surface area contributed by atoms with Gasteiger partial charge in [0.2, 0.25) is 5.13 Å². The van der Waals surface area contributed by atoms with Gasteiger partial charge in [-0.25, -0.2) is 9.97 Å². The number of rotatable bonds is 3. The van der Waals surface area contributed by atoms with Crippen molar-refractivity contribution in [3.63, 3.8) is 0 Å². The number of hydrogen-bond donors (Lipinski definition) is 0. The van der Waals surface area contributed by atoms with Gasteiger partial charge in [-0.15, -0.1) is 21.5 Å². The first kappa shape index (κ1) is 17.0. The lowest BCUT2D eigenvalue weighted by atomic mass is 10.2. The third-order valence-corrected chi connectivity index (χ3v) is 5.84. The third-order valence-electron chi connectivity index (χ3n) is 3.91. The fourth-order valence-electron chi connectivity index (χ4n) is 2.73. The maximum atomic E-state index is 4.54. The molecule has 0 spiro atoms. The molecule has 0 N–H and O–H groups in total. The van der Waals surface area contributed by atoms with Gasteiger partial charge in [-0.1, -0.05) is 32.1 Å². The first-order valence-electron chi connectivity index (χ1n) is 8.34. The Labute approximate surface area is 150 Å². The van der Waals surface area contributed by atoms with Crippen LogP contribution in [-0.2, 0) is 6.42 Å². The van der Waals surface area contributed by atoms with Crippen LogP contribution in [0.15, 0.2) is 17.9 Å². The van der Waals surface area contributed by atoms with Crippen molar-refractivity contribution in [2.75, 3.05) is 36.0 Å². The maximum Gasteiger partial charge on any atom is 0.208 e. The van der Waals surface area contributed by atoms with Gasteiger partial charge in [0.1, 0.15) is 22.5 Å². The average molecular weight is 363 g/mol. The van der Waals surface area contributed by atoms with E-state index in [1.54, 1.807) is 34.5 Å². The van der Waals surface area contributed by atoms with Gasteiger partial charge in [0.15, 0.2) is 0 Å². The highest BCUT2D eigenvalue weighted by Crippen LogP contribution is 2.31. The van der Waals surface area contributed by atoms with Crippen LogP contribution in [0.5, 0.6) is 0 Å². The zero-order valence-electron chi connectivity index (χ0n) is 14.3. The molecule has 0 amide bonds. The monoisotopic (exact) mass is 362 g/mol. The molecule has 0 aromatic carbocycles. The molecular formula is C16H22N6S2. The van der Waals surface area contributed by atoms with Crippen molar-refractivity contribution in [2.45, 2.75) is 27.2 Å². The van der Waals surface area contributed by atoms with E-state index in [1.807, 2.05) is 13.8 Å². The van der Waals surface area contributed by atoms with E-state index in [0.717, 1.165) is 48.4 Å². The predicted octanol–water partition coefficient (Wildman–Crippen LogP) is 3.46. The molecule has 6 nitrogen and oxygen atoms in total. The van der Waals surface area contributed by atoms with Crippen molar-refractivity contribution >= 4 is 43.8 Å². The second-order valence-corrected chi connectivity index (χ2v) is 7.10. The minimum atomic E-state index is 0.947. The Morgan fingerprint density at radius 1 is 1.08 bits per heavy atom. The summed E-state index contributed by atoms with van der Waals surface area (Å²) in [6.07, 6.45) is 2.73. The summed E-state index contributed by atoms with van der Waals surface area (Å²) in [7, 11) is 0. The molecule has 0 unspecified atom stereocenters. The molecule has 0 radical (unpaired) electrons. The second kappa shape index (κ2) is 7.85. The highest BCUT2D eigenvalue weighted by molar-refractivity contribution is 7.18. The van der Waals surface area contributed by atoms with E-state index in [4.69, 9.17) is 0 Å². The number of piperazine rings is 1. The molecule has 1 fully saturated rings. The lowest BCUT2D eigenvalue weighted by Crippen LogP contribution is -2.46. The molecule has 1 saturated heterocycles. The van der Waals surface area contributed by atoms with E-state index in [1.165, 1.54) is 10.3 Å². The van der Waals surface area contributed by atoms with Crippen LogP contribution >= 0.6 is 22.7 Å². The standard InChI is InChI=1S/C14H16N6S2.C2H6/c1-2-10-7-11-12(15-8-16-13(11)22-10)19-3-5-20(6-4-19)14-18-17-9-21-14;1-2/h7-9H,2-6H2,1H3;1-2H3. The molecule has 0 aliphatic carbocycles. The zero-order chi connectivity index (χ0) is 16.9. The molecular weight excluding hydrogens is 340 g/mol. The molecule has 3 aromatic rings. The Bertz CT molecular complexity index is 762. The molecule has 0 saturated carbocycles. The summed E-state index contributed by atoms with van der Waals surface area (Å²) in [5.74, 6) is 1.07. The predicted molar refractivity (Wildman–Crippen MR) is 102 cm³/mol. The van der Waals surface area contributed by atoms with Crippen molar-refractivity contribution in [1.29, 1.82) is 0 Å². The summed E-state index contributed by atoms with van der Waals surface area (Å²) in [5, 5.41) is 10.3. The van der Waals surface area contributed by atoms with Gasteiger partial charge < -0.3 is 9.80 Å². The quantitative estimate of drug-likeness (QED) is 0.711. The van der Waals surface area contributed by atoms with E-state index < -0.39 is 0 Å². The molecule has 8 heteroatoms. The highest BCUT2D eigenvalue weighted by atomic mass is 32.1. The van der Waals surface area contributed by atoms with Crippen LogP contribution in [0.25, 0.3) is 10.2 Å². The largest absolute Gasteiger partial charge is 0.352 e. The van der Waals surface area contributed by atoms with Gasteiger partial charge in [-0.05, 0) is 12.5 Å². The highest BCUT2D eigenvalue weighted by Gasteiger charge is 2.22. The van der Waals surface area contributed by atoms with Crippen LogP contribution in [0.2, 0.25) is 0 Å². The summed E-state index contributed by atoms with van der Waals surface area (Å²) >= 11 is 3.37. The number of aryl methyl sites for hydroxylation is 1. The van der Waals surface area contributed by atoms with Crippen LogP contribution in [0.4, 0.5) is 10.9 Å². The van der Waals surface area contributed by atoms with Gasteiger partial charge >= 0.3 is 0 Å². The van der Waals surface area contributed by atoms with Crippen molar-refractivity contribution in [3.05, 3.63) is 22.8 Å². The molecule has 1 aliphatic heterocycles. The van der Waals surface area contributed by atoms with Crippen molar-refractivity contribution < 1.29 is 0 Å². The summed E-state index contributed by atoms with van der Waals surface area (Å²) in [4.78, 5) is 16.1. The second-order valence-electron chi connectivity index (χ2n) is 5.18. The van der Waals surface area contributed by atoms with Gasteiger partial charge in [0.05, 0.1) is 5.39 Å². The average Bonchev–Trinajstić information content (AvgIpc) is 3.32. The Morgan fingerprint density at radius 3 is 2.50 bits per heavy atom. The smallest absolute Gasteiger partial charge is 0.208 e. The number of anilines is 2. The molecule has 3 aromatic heterocycles. The lowest BCUT2D eigenvalue weighted by molar-refractivity contribution is 0.645. The first-order valence-corrected chi connectivity index (χ1v) is 10.0. The number of hydrogen-bond acceptors (Lipinski definition) is 8. The number of fused-ring (bicyclic) bond motifs is 1. The van der Waals surface area contributed by atoms with E-state index in [9.17, 15) is 0 Å². The minimum Gasteiger partial charge on any atom is -0.352 e. The van der Waals surface area contributed by atoms with E-state index >= 15 is 0 Å². The zero-order valence-corrected chi connectivity index (χ0v) is 15.9. The van der Waals surface area contributed by atoms with E-state index in [0.29, 0.717) is 0 Å². The van der Waals surface area contributed by atoms with Crippen molar-refractivity contribution in [3.8, 4) is 0 Å². The lowest BCUT2D eigenvalue weighted by Gasteiger charge is -2.35. The van der Waals surface area contributed by atoms with E-state index in [2.05, 4.69) is 43.0 Å². The molecule has 0 bridgehead atoms. The Kier molecular flexibility index (Phi) is 5.57. The molecule has 0 atom stereocenters. The Balaban J connectivity index is 0.000000815. The third kappa shape index (κ3) is 3.34. The van der Waals surface area contributed by atoms with Gasteiger partial charge in [0, 0.05) is 31.1 Å². The van der Waals surface area contributed by atoms with Crippen molar-refractivity contribution in [2.24, 2.45) is 0 Å². The molecule has 4 rings (SSSR count).